The van der Waals surface area contributed by atoms with Gasteiger partial charge in [0.2, 0.25) is 0 Å². The van der Waals surface area contributed by atoms with Crippen LogP contribution in [0.15, 0.2) is 46.1 Å². The number of rotatable bonds is 1. The van der Waals surface area contributed by atoms with Gasteiger partial charge in [-0.3, -0.25) is 15.1 Å². The minimum atomic E-state index is -0.543. The van der Waals surface area contributed by atoms with Crippen LogP contribution >= 0.6 is 0 Å². The van der Waals surface area contributed by atoms with Crippen LogP contribution in [0.3, 0.4) is 0 Å². The van der Waals surface area contributed by atoms with Crippen LogP contribution in [-0.2, 0) is 0 Å². The van der Waals surface area contributed by atoms with Crippen LogP contribution in [0.1, 0.15) is 0 Å². The van der Waals surface area contributed by atoms with Crippen molar-refractivity contribution in [1.29, 1.82) is 0 Å². The average molecular weight is 201 g/mol. The molecule has 1 aliphatic heterocycles. The van der Waals surface area contributed by atoms with Gasteiger partial charge in [-0.15, -0.1) is 0 Å². The van der Waals surface area contributed by atoms with Gasteiger partial charge in [-0.1, -0.05) is 18.2 Å². The molecule has 1 aromatic carbocycles. The third-order valence-corrected chi connectivity index (χ3v) is 1.84. The van der Waals surface area contributed by atoms with E-state index in [9.17, 15) is 10.1 Å². The molecule has 0 spiro atoms. The highest BCUT2D eigenvalue weighted by molar-refractivity contribution is 5.79. The maximum atomic E-state index is 10.3. The Kier molecular flexibility index (Phi) is 2.37. The molecule has 0 radical (unpaired) electrons. The van der Waals surface area contributed by atoms with Crippen molar-refractivity contribution >= 4 is 12.4 Å². The Morgan fingerprint density at radius 1 is 1.33 bits per heavy atom. The lowest BCUT2D eigenvalue weighted by Crippen LogP contribution is -2.23. The van der Waals surface area contributed by atoms with Crippen LogP contribution in [0.5, 0.6) is 0 Å². The molecule has 0 saturated carbocycles. The second kappa shape index (κ2) is 3.83. The Bertz CT molecular complexity index is 573. The van der Waals surface area contributed by atoms with Crippen molar-refractivity contribution in [3.63, 3.8) is 0 Å². The number of aliphatic imine (C=N–C) groups is 1. The van der Waals surface area contributed by atoms with E-state index in [0.29, 0.717) is 5.36 Å². The molecule has 0 aromatic heterocycles. The summed E-state index contributed by atoms with van der Waals surface area (Å²) >= 11 is 0. The van der Waals surface area contributed by atoms with E-state index in [0.717, 1.165) is 11.4 Å². The van der Waals surface area contributed by atoms with Crippen molar-refractivity contribution in [2.45, 2.75) is 0 Å². The molecule has 0 bridgehead atoms. The van der Waals surface area contributed by atoms with Crippen LogP contribution < -0.4 is 10.6 Å². The quantitative estimate of drug-likeness (QED) is 0.482. The number of nitrogens with zero attached hydrogens (tertiary/aromatic N) is 3. The molecule has 0 amide bonds. The molecule has 1 aromatic rings. The highest BCUT2D eigenvalue weighted by Crippen LogP contribution is 1.94. The number of benzene rings is 1. The molecule has 2 rings (SSSR count). The van der Waals surface area contributed by atoms with Gasteiger partial charge in [-0.05, 0) is 6.07 Å². The zero-order chi connectivity index (χ0) is 10.7. The van der Waals surface area contributed by atoms with Gasteiger partial charge in [0.25, 0.3) is 6.20 Å². The average Bonchev–Trinajstić information content (AvgIpc) is 2.38. The highest BCUT2D eigenvalue weighted by atomic mass is 16.6. The largest absolute Gasteiger partial charge is 0.262 e. The molecule has 0 aliphatic carbocycles. The maximum Gasteiger partial charge on any atom is 0.261 e. The van der Waals surface area contributed by atoms with Gasteiger partial charge in [0.15, 0.2) is 5.70 Å². The second-order valence-corrected chi connectivity index (χ2v) is 2.92. The number of nitro groups is 1. The normalized spacial score (nSPS) is 16.1. The van der Waals surface area contributed by atoms with E-state index in [-0.39, 0.29) is 5.70 Å². The molecule has 1 heterocycles. The Morgan fingerprint density at radius 2 is 2.13 bits per heavy atom. The fourth-order valence-electron chi connectivity index (χ4n) is 1.23. The van der Waals surface area contributed by atoms with Crippen LogP contribution in [0.25, 0.3) is 6.20 Å². The zero-order valence-corrected chi connectivity index (χ0v) is 7.70. The lowest BCUT2D eigenvalue weighted by molar-refractivity contribution is -0.403. The summed E-state index contributed by atoms with van der Waals surface area (Å²) in [6.45, 7) is 0. The summed E-state index contributed by atoms with van der Waals surface area (Å²) in [6.07, 6.45) is 3.82. The molecule has 74 valence electrons. The summed E-state index contributed by atoms with van der Waals surface area (Å²) in [7, 11) is 0. The first kappa shape index (κ1) is 9.26. The number of allylic oxidation sites excluding steroid dienone is 1. The predicted molar refractivity (Wildman–Crippen MR) is 55.3 cm³/mol. The van der Waals surface area contributed by atoms with E-state index in [1.807, 2.05) is 18.2 Å². The van der Waals surface area contributed by atoms with E-state index in [2.05, 4.69) is 9.98 Å². The van der Waals surface area contributed by atoms with E-state index in [1.165, 1.54) is 6.21 Å². The Labute approximate surface area is 84.9 Å². The lowest BCUT2D eigenvalue weighted by Gasteiger charge is -1.87. The summed E-state index contributed by atoms with van der Waals surface area (Å²) in [5.74, 6) is 0. The third kappa shape index (κ3) is 2.14. The first-order valence-corrected chi connectivity index (χ1v) is 4.28. The predicted octanol–water partition coefficient (Wildman–Crippen LogP) is 0.247. The van der Waals surface area contributed by atoms with Crippen LogP contribution in [0.4, 0.5) is 0 Å². The van der Waals surface area contributed by atoms with Gasteiger partial charge in [0.1, 0.15) is 0 Å². The van der Waals surface area contributed by atoms with Crippen molar-refractivity contribution in [3.05, 3.63) is 56.9 Å². The Balaban J connectivity index is 2.63. The third-order valence-electron chi connectivity index (χ3n) is 1.84. The van der Waals surface area contributed by atoms with Crippen molar-refractivity contribution in [2.75, 3.05) is 0 Å². The van der Waals surface area contributed by atoms with E-state index >= 15 is 0 Å². The Morgan fingerprint density at radius 3 is 2.93 bits per heavy atom. The smallest absolute Gasteiger partial charge is 0.261 e. The van der Waals surface area contributed by atoms with Gasteiger partial charge in [-0.2, -0.15) is 0 Å². The van der Waals surface area contributed by atoms with Crippen LogP contribution in [0.2, 0.25) is 0 Å². The SMILES string of the molecule is O=[N+]([O-])C=C1C=NC=c2ccccc2=N1. The number of para-hydroxylation sites is 1. The van der Waals surface area contributed by atoms with E-state index in [4.69, 9.17) is 0 Å². The number of fused-ring (bicyclic) bond motifs is 1. The molecule has 0 N–H and O–H groups in total. The Hall–Kier alpha value is -2.30. The lowest BCUT2D eigenvalue weighted by atomic mass is 10.3. The van der Waals surface area contributed by atoms with Gasteiger partial charge in [0, 0.05) is 11.4 Å². The minimum Gasteiger partial charge on any atom is -0.262 e. The minimum absolute atomic E-state index is 0.237. The molecule has 15 heavy (non-hydrogen) atoms. The molecule has 0 saturated heterocycles. The summed E-state index contributed by atoms with van der Waals surface area (Å²) in [4.78, 5) is 17.8. The van der Waals surface area contributed by atoms with Gasteiger partial charge in [-0.25, -0.2) is 4.99 Å². The molecule has 5 nitrogen and oxygen atoms in total. The molecular formula is C10H7N3O2. The van der Waals surface area contributed by atoms with Crippen LogP contribution in [0, 0.1) is 10.1 Å². The van der Waals surface area contributed by atoms with Crippen molar-refractivity contribution in [1.82, 2.24) is 0 Å². The molecule has 0 atom stereocenters. The fraction of sp³-hybridized carbons (Fsp3) is 0. The van der Waals surface area contributed by atoms with E-state index in [1.54, 1.807) is 12.3 Å². The fourth-order valence-corrected chi connectivity index (χ4v) is 1.23. The zero-order valence-electron chi connectivity index (χ0n) is 7.70. The molecule has 5 heteroatoms. The van der Waals surface area contributed by atoms with E-state index < -0.39 is 4.92 Å². The van der Waals surface area contributed by atoms with Gasteiger partial charge in [0.05, 0.1) is 16.5 Å². The summed E-state index contributed by atoms with van der Waals surface area (Å²) in [5, 5.41) is 11.8. The topological polar surface area (TPSA) is 67.9 Å². The molecule has 1 aliphatic rings. The molecule has 0 unspecified atom stereocenters. The van der Waals surface area contributed by atoms with Gasteiger partial charge >= 0.3 is 0 Å². The first-order chi connectivity index (χ1) is 7.25. The van der Waals surface area contributed by atoms with Gasteiger partial charge < -0.3 is 0 Å². The standard InChI is InChI=1S/C10H7N3O2/c14-13(15)7-9-6-11-5-8-3-1-2-4-10(8)12-9/h1-7H. The van der Waals surface area contributed by atoms with Crippen molar-refractivity contribution in [2.24, 2.45) is 9.98 Å². The van der Waals surface area contributed by atoms with Crippen LogP contribution in [-0.4, -0.2) is 11.1 Å². The number of hydrogen-bond acceptors (Lipinski definition) is 4. The maximum absolute atomic E-state index is 10.3. The summed E-state index contributed by atoms with van der Waals surface area (Å²) in [5.41, 5.74) is 0.237. The summed E-state index contributed by atoms with van der Waals surface area (Å²) in [6, 6.07) is 7.33. The summed E-state index contributed by atoms with van der Waals surface area (Å²) < 4.78 is 0. The van der Waals surface area contributed by atoms with Crippen molar-refractivity contribution < 1.29 is 4.92 Å². The number of hydrogen-bond donors (Lipinski definition) is 0. The second-order valence-electron chi connectivity index (χ2n) is 2.92. The molecular weight excluding hydrogens is 194 g/mol. The first-order valence-electron chi connectivity index (χ1n) is 4.28. The molecule has 0 fully saturated rings. The highest BCUT2D eigenvalue weighted by Gasteiger charge is 1.99. The van der Waals surface area contributed by atoms with Crippen molar-refractivity contribution in [3.8, 4) is 0 Å². The monoisotopic (exact) mass is 201 g/mol.